The average Bonchev–Trinajstić information content (AvgIpc) is 2.10. The first-order valence-electron chi connectivity index (χ1n) is 5.05. The van der Waals surface area contributed by atoms with Crippen LogP contribution in [0.1, 0.15) is 39.5 Å². The Morgan fingerprint density at radius 3 is 2.43 bits per heavy atom. The second kappa shape index (κ2) is 7.35. The molecule has 0 spiro atoms. The molecular formula is C10H19NO3. The van der Waals surface area contributed by atoms with Crippen molar-refractivity contribution in [2.24, 2.45) is 5.92 Å². The van der Waals surface area contributed by atoms with Gasteiger partial charge in [-0.25, -0.2) is 4.79 Å². The number of unbranched alkanes of at least 4 members (excludes halogenated alkanes) is 1. The first kappa shape index (κ1) is 12.9. The van der Waals surface area contributed by atoms with Gasteiger partial charge in [0.05, 0.1) is 0 Å². The van der Waals surface area contributed by atoms with Gasteiger partial charge in [-0.2, -0.15) is 0 Å². The minimum absolute atomic E-state index is 0.153. The van der Waals surface area contributed by atoms with Gasteiger partial charge in [-0.15, -0.1) is 0 Å². The first-order valence-corrected chi connectivity index (χ1v) is 5.05. The van der Waals surface area contributed by atoms with Crippen LogP contribution in [-0.2, 0) is 4.79 Å². The summed E-state index contributed by atoms with van der Waals surface area (Å²) >= 11 is 0. The van der Waals surface area contributed by atoms with E-state index in [0.29, 0.717) is 6.54 Å². The van der Waals surface area contributed by atoms with E-state index in [9.17, 15) is 9.59 Å². The Balaban J connectivity index is 3.42. The van der Waals surface area contributed by atoms with E-state index in [1.54, 1.807) is 6.92 Å². The van der Waals surface area contributed by atoms with Crippen LogP contribution in [0.25, 0.3) is 0 Å². The van der Waals surface area contributed by atoms with Crippen LogP contribution in [0.5, 0.6) is 0 Å². The van der Waals surface area contributed by atoms with E-state index in [2.05, 4.69) is 5.32 Å². The zero-order valence-electron chi connectivity index (χ0n) is 8.88. The van der Waals surface area contributed by atoms with E-state index in [1.807, 2.05) is 6.92 Å². The Hall–Kier alpha value is -1.06. The molecule has 1 atom stereocenters. The first-order chi connectivity index (χ1) is 6.57. The van der Waals surface area contributed by atoms with Gasteiger partial charge >= 0.3 is 6.09 Å². The fourth-order valence-corrected chi connectivity index (χ4v) is 1.41. The van der Waals surface area contributed by atoms with Crippen molar-refractivity contribution in [2.45, 2.75) is 39.5 Å². The highest BCUT2D eigenvalue weighted by atomic mass is 16.4. The second-order valence-electron chi connectivity index (χ2n) is 3.44. The maximum absolute atomic E-state index is 11.0. The summed E-state index contributed by atoms with van der Waals surface area (Å²) in [6, 6.07) is 0. The largest absolute Gasteiger partial charge is 0.465 e. The van der Waals surface area contributed by atoms with Crippen molar-refractivity contribution < 1.29 is 14.7 Å². The Morgan fingerprint density at radius 1 is 1.36 bits per heavy atom. The lowest BCUT2D eigenvalue weighted by molar-refractivity contribution is -0.121. The molecule has 0 bridgehead atoms. The summed E-state index contributed by atoms with van der Waals surface area (Å²) in [6.07, 6.45) is 2.46. The lowest BCUT2D eigenvalue weighted by Gasteiger charge is -2.10. The molecule has 0 radical (unpaired) electrons. The van der Waals surface area contributed by atoms with E-state index in [1.165, 1.54) is 0 Å². The van der Waals surface area contributed by atoms with Crippen LogP contribution in [0.3, 0.4) is 0 Å². The van der Waals surface area contributed by atoms with Crippen LogP contribution in [-0.4, -0.2) is 23.5 Å². The summed E-state index contributed by atoms with van der Waals surface area (Å²) in [4.78, 5) is 21.1. The second-order valence-corrected chi connectivity index (χ2v) is 3.44. The van der Waals surface area contributed by atoms with Gasteiger partial charge in [0.2, 0.25) is 0 Å². The number of amides is 1. The summed E-state index contributed by atoms with van der Waals surface area (Å²) in [6.45, 7) is 4.09. The average molecular weight is 201 g/mol. The highest BCUT2D eigenvalue weighted by Gasteiger charge is 2.10. The Bertz CT molecular complexity index is 192. The van der Waals surface area contributed by atoms with Crippen molar-refractivity contribution in [1.82, 2.24) is 5.32 Å². The van der Waals surface area contributed by atoms with Gasteiger partial charge in [-0.1, -0.05) is 13.3 Å². The standard InChI is InChI=1S/C10H19NO3/c1-3-9(8(2)12)6-4-5-7-11-10(13)14/h9,11H,3-7H2,1-2H3,(H,13,14). The van der Waals surface area contributed by atoms with Gasteiger partial charge in [-0.3, -0.25) is 4.79 Å². The SMILES string of the molecule is CCC(CCCCNC(=O)O)C(C)=O. The van der Waals surface area contributed by atoms with E-state index < -0.39 is 6.09 Å². The van der Waals surface area contributed by atoms with Crippen molar-refractivity contribution in [3.05, 3.63) is 0 Å². The summed E-state index contributed by atoms with van der Waals surface area (Å²) in [5.74, 6) is 0.388. The third-order valence-electron chi connectivity index (χ3n) is 2.32. The molecule has 0 aliphatic rings. The molecule has 0 saturated carbocycles. The van der Waals surface area contributed by atoms with Crippen molar-refractivity contribution >= 4 is 11.9 Å². The summed E-state index contributed by atoms with van der Waals surface area (Å²) < 4.78 is 0. The van der Waals surface area contributed by atoms with Crippen LogP contribution in [0.2, 0.25) is 0 Å². The summed E-state index contributed by atoms with van der Waals surface area (Å²) in [5, 5.41) is 10.6. The molecule has 1 unspecified atom stereocenters. The van der Waals surface area contributed by atoms with E-state index in [4.69, 9.17) is 5.11 Å². The summed E-state index contributed by atoms with van der Waals surface area (Å²) in [7, 11) is 0. The smallest absolute Gasteiger partial charge is 0.404 e. The van der Waals surface area contributed by atoms with Gasteiger partial charge in [0.15, 0.2) is 0 Å². The molecule has 14 heavy (non-hydrogen) atoms. The number of carbonyl (C=O) groups excluding carboxylic acids is 1. The molecule has 2 N–H and O–H groups in total. The molecule has 0 fully saturated rings. The van der Waals surface area contributed by atoms with E-state index in [0.717, 1.165) is 25.7 Å². The van der Waals surface area contributed by atoms with E-state index in [-0.39, 0.29) is 11.7 Å². The molecule has 0 aliphatic carbocycles. The molecular weight excluding hydrogens is 182 g/mol. The van der Waals surface area contributed by atoms with Gasteiger partial charge in [0.25, 0.3) is 0 Å². The number of ketones is 1. The predicted octanol–water partition coefficient (Wildman–Crippen LogP) is 2.04. The molecule has 0 aromatic heterocycles. The molecule has 0 aliphatic heterocycles. The predicted molar refractivity (Wildman–Crippen MR) is 54.3 cm³/mol. The van der Waals surface area contributed by atoms with Crippen LogP contribution >= 0.6 is 0 Å². The zero-order valence-corrected chi connectivity index (χ0v) is 8.88. The molecule has 0 saturated heterocycles. The molecule has 4 heteroatoms. The van der Waals surface area contributed by atoms with Crippen molar-refractivity contribution in [3.63, 3.8) is 0 Å². The van der Waals surface area contributed by atoms with Crippen molar-refractivity contribution in [1.29, 1.82) is 0 Å². The Labute approximate surface area is 84.7 Å². The monoisotopic (exact) mass is 201 g/mol. The number of nitrogens with one attached hydrogen (secondary N) is 1. The highest BCUT2D eigenvalue weighted by molar-refractivity contribution is 5.78. The highest BCUT2D eigenvalue weighted by Crippen LogP contribution is 2.12. The number of Topliss-reactive ketones (excluding diaryl/α,β-unsaturated/α-hetero) is 1. The minimum atomic E-state index is -0.983. The Morgan fingerprint density at radius 2 is 2.00 bits per heavy atom. The molecule has 0 aromatic carbocycles. The van der Waals surface area contributed by atoms with Crippen molar-refractivity contribution in [3.8, 4) is 0 Å². The lowest BCUT2D eigenvalue weighted by atomic mass is 9.96. The Kier molecular flexibility index (Phi) is 6.80. The van der Waals surface area contributed by atoms with Crippen LogP contribution in [0.15, 0.2) is 0 Å². The topological polar surface area (TPSA) is 66.4 Å². The molecule has 0 aromatic rings. The molecule has 1 amide bonds. The maximum atomic E-state index is 11.0. The number of hydrogen-bond acceptors (Lipinski definition) is 2. The quantitative estimate of drug-likeness (QED) is 0.619. The maximum Gasteiger partial charge on any atom is 0.404 e. The normalized spacial score (nSPS) is 12.1. The third-order valence-corrected chi connectivity index (χ3v) is 2.32. The van der Waals surface area contributed by atoms with Gasteiger partial charge in [0, 0.05) is 12.5 Å². The molecule has 4 nitrogen and oxygen atoms in total. The van der Waals surface area contributed by atoms with Gasteiger partial charge in [0.1, 0.15) is 5.78 Å². The van der Waals surface area contributed by atoms with Gasteiger partial charge < -0.3 is 10.4 Å². The van der Waals surface area contributed by atoms with Crippen LogP contribution < -0.4 is 5.32 Å². The number of carbonyl (C=O) groups is 2. The van der Waals surface area contributed by atoms with Gasteiger partial charge in [-0.05, 0) is 26.2 Å². The zero-order chi connectivity index (χ0) is 11.0. The van der Waals surface area contributed by atoms with Crippen LogP contribution in [0.4, 0.5) is 4.79 Å². The fourth-order valence-electron chi connectivity index (χ4n) is 1.41. The number of hydrogen-bond donors (Lipinski definition) is 2. The minimum Gasteiger partial charge on any atom is -0.465 e. The summed E-state index contributed by atoms with van der Waals surface area (Å²) in [5.41, 5.74) is 0. The van der Waals surface area contributed by atoms with E-state index >= 15 is 0 Å². The van der Waals surface area contributed by atoms with Crippen molar-refractivity contribution in [2.75, 3.05) is 6.54 Å². The number of rotatable bonds is 7. The van der Waals surface area contributed by atoms with Crippen LogP contribution in [0, 0.1) is 5.92 Å². The number of carboxylic acid groups (broad SMARTS) is 1. The lowest BCUT2D eigenvalue weighted by Crippen LogP contribution is -2.22. The molecule has 82 valence electrons. The molecule has 0 heterocycles. The molecule has 0 rings (SSSR count). The fraction of sp³-hybridized carbons (Fsp3) is 0.800. The third kappa shape index (κ3) is 6.46.